The van der Waals surface area contributed by atoms with Gasteiger partial charge in [0, 0.05) is 15.8 Å². The molecular formula is C14H14ClN3O3S2. The van der Waals surface area contributed by atoms with Crippen LogP contribution in [0.3, 0.4) is 0 Å². The fourth-order valence-corrected chi connectivity index (χ4v) is 3.00. The van der Waals surface area contributed by atoms with E-state index in [4.69, 9.17) is 11.6 Å². The van der Waals surface area contributed by atoms with Gasteiger partial charge in [-0.2, -0.15) is 0 Å². The number of carbonyl (C=O) groups is 1. The molecule has 2 rings (SSSR count). The van der Waals surface area contributed by atoms with Crippen molar-refractivity contribution in [1.82, 2.24) is 15.2 Å². The zero-order valence-electron chi connectivity index (χ0n) is 12.1. The third-order valence-electron chi connectivity index (χ3n) is 2.65. The lowest BCUT2D eigenvalue weighted by Crippen LogP contribution is -2.41. The zero-order valence-corrected chi connectivity index (χ0v) is 14.5. The first-order chi connectivity index (χ1) is 10.8. The first-order valence-electron chi connectivity index (χ1n) is 6.49. The maximum atomic E-state index is 11.8. The first-order valence-corrected chi connectivity index (χ1v) is 9.30. The highest BCUT2D eigenvalue weighted by molar-refractivity contribution is 7.92. The fraction of sp³-hybridized carbons (Fsp3) is 0.143. The molecule has 1 amide bonds. The molecule has 1 aromatic carbocycles. The molecule has 0 aliphatic carbocycles. The molecule has 0 bridgehead atoms. The van der Waals surface area contributed by atoms with Gasteiger partial charge in [-0.15, -0.1) is 16.2 Å². The van der Waals surface area contributed by atoms with Gasteiger partial charge in [0.2, 0.25) is 5.91 Å². The van der Waals surface area contributed by atoms with E-state index in [1.165, 1.54) is 17.4 Å². The minimum Gasteiger partial charge on any atom is -0.277 e. The molecular weight excluding hydrogens is 358 g/mol. The van der Waals surface area contributed by atoms with Crippen LogP contribution < -0.4 is 10.3 Å². The van der Waals surface area contributed by atoms with Gasteiger partial charge in [0.1, 0.15) is 0 Å². The maximum absolute atomic E-state index is 11.8. The van der Waals surface area contributed by atoms with Gasteiger partial charge in [-0.05, 0) is 30.7 Å². The van der Waals surface area contributed by atoms with E-state index in [0.717, 1.165) is 10.4 Å². The summed E-state index contributed by atoms with van der Waals surface area (Å²) in [6.07, 6.45) is 1.41. The Morgan fingerprint density at radius 3 is 2.65 bits per heavy atom. The molecule has 0 aliphatic heterocycles. The second kappa shape index (κ2) is 7.69. The highest BCUT2D eigenvalue weighted by Crippen LogP contribution is 2.11. The summed E-state index contributed by atoms with van der Waals surface area (Å²) in [6.45, 7) is 1.83. The Kier molecular flexibility index (Phi) is 5.89. The smallest absolute Gasteiger partial charge is 0.250 e. The molecule has 2 N–H and O–H groups in total. The lowest BCUT2D eigenvalue weighted by atomic mass is 10.2. The molecule has 1 heterocycles. The summed E-state index contributed by atoms with van der Waals surface area (Å²) in [4.78, 5) is 17.8. The number of aromatic nitrogens is 1. The number of sulfonamides is 1. The number of halogens is 1. The van der Waals surface area contributed by atoms with E-state index in [1.54, 1.807) is 29.6 Å². The molecule has 23 heavy (non-hydrogen) atoms. The average Bonchev–Trinajstić information content (AvgIpc) is 2.90. The van der Waals surface area contributed by atoms with Gasteiger partial charge < -0.3 is 0 Å². The summed E-state index contributed by atoms with van der Waals surface area (Å²) in [6, 6.07) is 6.66. The van der Waals surface area contributed by atoms with Gasteiger partial charge in [0.05, 0.1) is 17.1 Å². The molecule has 0 saturated carbocycles. The Morgan fingerprint density at radius 2 is 2.04 bits per heavy atom. The number of hydrazine groups is 1. The Hall–Kier alpha value is -1.74. The molecule has 9 heteroatoms. The molecule has 0 radical (unpaired) electrons. The Bertz CT molecular complexity index is 814. The van der Waals surface area contributed by atoms with E-state index in [9.17, 15) is 13.2 Å². The topological polar surface area (TPSA) is 88.2 Å². The van der Waals surface area contributed by atoms with Crippen LogP contribution in [-0.4, -0.2) is 19.3 Å². The summed E-state index contributed by atoms with van der Waals surface area (Å²) >= 11 is 7.17. The number of hydrogen-bond acceptors (Lipinski definition) is 5. The Labute approximate surface area is 143 Å². The fourth-order valence-electron chi connectivity index (χ4n) is 1.60. The van der Waals surface area contributed by atoms with Crippen molar-refractivity contribution in [2.24, 2.45) is 0 Å². The predicted octanol–water partition coefficient (Wildman–Crippen LogP) is 2.27. The number of nitrogens with one attached hydrogen (secondary N) is 2. The van der Waals surface area contributed by atoms with Crippen LogP contribution in [0, 0.1) is 6.92 Å². The molecule has 2 aromatic rings. The third-order valence-corrected chi connectivity index (χ3v) is 4.61. The monoisotopic (exact) mass is 371 g/mol. The normalized spacial score (nSPS) is 11.7. The van der Waals surface area contributed by atoms with Gasteiger partial charge in [-0.3, -0.25) is 10.2 Å². The molecule has 0 atom stereocenters. The van der Waals surface area contributed by atoms with E-state index in [1.807, 2.05) is 11.8 Å². The van der Waals surface area contributed by atoms with Crippen molar-refractivity contribution in [2.75, 3.05) is 0 Å². The number of aryl methyl sites for hydroxylation is 1. The maximum Gasteiger partial charge on any atom is 0.250 e. The third kappa shape index (κ3) is 6.11. The van der Waals surface area contributed by atoms with Crippen LogP contribution in [0.25, 0.3) is 6.08 Å². The minimum absolute atomic E-state index is 0.00770. The number of thiazole rings is 1. The Balaban J connectivity index is 1.88. The van der Waals surface area contributed by atoms with E-state index in [-0.39, 0.29) is 6.42 Å². The molecule has 1 aromatic heterocycles. The van der Waals surface area contributed by atoms with Gasteiger partial charge in [0.25, 0.3) is 10.0 Å². The quantitative estimate of drug-likeness (QED) is 0.762. The number of hydrogen-bond donors (Lipinski definition) is 2. The van der Waals surface area contributed by atoms with Crippen molar-refractivity contribution in [3.8, 4) is 0 Å². The molecule has 0 fully saturated rings. The highest BCUT2D eigenvalue weighted by atomic mass is 35.5. The number of rotatable bonds is 6. The average molecular weight is 372 g/mol. The van der Waals surface area contributed by atoms with Crippen LogP contribution in [-0.2, 0) is 21.2 Å². The molecule has 0 aliphatic rings. The van der Waals surface area contributed by atoms with E-state index in [0.29, 0.717) is 16.3 Å². The summed E-state index contributed by atoms with van der Waals surface area (Å²) in [5, 5.41) is 4.12. The van der Waals surface area contributed by atoms with Gasteiger partial charge in [-0.1, -0.05) is 23.7 Å². The summed E-state index contributed by atoms with van der Waals surface area (Å²) in [5.74, 6) is -0.487. The van der Waals surface area contributed by atoms with Crippen LogP contribution in [0.4, 0.5) is 0 Å². The molecule has 0 saturated heterocycles. The lowest BCUT2D eigenvalue weighted by molar-refractivity contribution is -0.120. The van der Waals surface area contributed by atoms with Gasteiger partial charge in [0.15, 0.2) is 0 Å². The van der Waals surface area contributed by atoms with Gasteiger partial charge >= 0.3 is 0 Å². The largest absolute Gasteiger partial charge is 0.277 e. The van der Waals surface area contributed by atoms with Crippen molar-refractivity contribution in [3.05, 3.63) is 56.3 Å². The number of benzene rings is 1. The zero-order chi connectivity index (χ0) is 16.9. The molecule has 0 spiro atoms. The van der Waals surface area contributed by atoms with E-state index in [2.05, 4.69) is 10.4 Å². The molecule has 122 valence electrons. The van der Waals surface area contributed by atoms with Crippen LogP contribution in [0.5, 0.6) is 0 Å². The minimum atomic E-state index is -3.79. The van der Waals surface area contributed by atoms with Crippen molar-refractivity contribution in [2.45, 2.75) is 13.3 Å². The SMILES string of the molecule is Cc1nc(CC(=O)NNS(=O)(=O)/C=C/c2ccc(Cl)cc2)cs1. The van der Waals surface area contributed by atoms with E-state index < -0.39 is 15.9 Å². The van der Waals surface area contributed by atoms with Crippen molar-refractivity contribution in [3.63, 3.8) is 0 Å². The Morgan fingerprint density at radius 1 is 1.35 bits per heavy atom. The first kappa shape index (κ1) is 17.6. The summed E-state index contributed by atoms with van der Waals surface area (Å²) in [5.41, 5.74) is 3.41. The van der Waals surface area contributed by atoms with Crippen molar-refractivity contribution < 1.29 is 13.2 Å². The van der Waals surface area contributed by atoms with Crippen molar-refractivity contribution in [1.29, 1.82) is 0 Å². The van der Waals surface area contributed by atoms with Gasteiger partial charge in [-0.25, -0.2) is 13.4 Å². The van der Waals surface area contributed by atoms with Crippen LogP contribution in [0.15, 0.2) is 35.1 Å². The highest BCUT2D eigenvalue weighted by Gasteiger charge is 2.10. The van der Waals surface area contributed by atoms with Crippen LogP contribution >= 0.6 is 22.9 Å². The number of nitrogens with zero attached hydrogens (tertiary/aromatic N) is 1. The second-order valence-corrected chi connectivity index (χ2v) is 7.65. The molecule has 6 nitrogen and oxygen atoms in total. The molecule has 0 unspecified atom stereocenters. The summed E-state index contributed by atoms with van der Waals surface area (Å²) < 4.78 is 23.6. The van der Waals surface area contributed by atoms with Crippen molar-refractivity contribution >= 4 is 44.9 Å². The number of amides is 1. The lowest BCUT2D eigenvalue weighted by Gasteiger charge is -2.04. The van der Waals surface area contributed by atoms with E-state index >= 15 is 0 Å². The predicted molar refractivity (Wildman–Crippen MR) is 91.2 cm³/mol. The second-order valence-electron chi connectivity index (χ2n) is 4.58. The standard InChI is InChI=1S/C14H14ClN3O3S2/c1-10-16-13(9-22-10)8-14(19)17-18-23(20,21)7-6-11-2-4-12(15)5-3-11/h2-7,9,18H,8H2,1H3,(H,17,19)/b7-6+. The van der Waals surface area contributed by atoms with Crippen LogP contribution in [0.1, 0.15) is 16.3 Å². The van der Waals surface area contributed by atoms with Crippen LogP contribution in [0.2, 0.25) is 5.02 Å². The number of carbonyl (C=O) groups excluding carboxylic acids is 1. The summed E-state index contributed by atoms with van der Waals surface area (Å²) in [7, 11) is -3.79.